The number of aryl methyl sites for hydroxylation is 1. The zero-order valence-corrected chi connectivity index (χ0v) is 13.8. The fraction of sp³-hybridized carbons (Fsp3) is 0.500. The molecular weight excluding hydrogens is 284 g/mol. The second-order valence-electron chi connectivity index (χ2n) is 5.12. The summed E-state index contributed by atoms with van der Waals surface area (Å²) in [4.78, 5) is 12.4. The molecule has 0 heterocycles. The van der Waals surface area contributed by atoms with E-state index in [9.17, 15) is 4.79 Å². The van der Waals surface area contributed by atoms with Crippen LogP contribution in [-0.4, -0.2) is 23.0 Å². The summed E-state index contributed by atoms with van der Waals surface area (Å²) < 4.78 is 5.57. The number of hydrogen-bond donors (Lipinski definition) is 2. The Morgan fingerprint density at radius 3 is 2.57 bits per heavy atom. The highest BCUT2D eigenvalue weighted by Crippen LogP contribution is 2.16. The molecule has 0 saturated carbocycles. The molecule has 116 valence electrons. The Morgan fingerprint density at radius 2 is 2.05 bits per heavy atom. The Bertz CT molecular complexity index is 499. The van der Waals surface area contributed by atoms with Gasteiger partial charge in [0.2, 0.25) is 5.91 Å². The number of rotatable bonds is 8. The van der Waals surface area contributed by atoms with E-state index in [2.05, 4.69) is 5.32 Å². The van der Waals surface area contributed by atoms with Gasteiger partial charge in [-0.1, -0.05) is 38.2 Å². The minimum Gasteiger partial charge on any atom is -0.493 e. The Hall–Kier alpha value is -1.62. The molecular formula is C16H24N2O2S. The Balaban J connectivity index is 2.48. The zero-order chi connectivity index (χ0) is 15.9. The minimum absolute atomic E-state index is 0.0980. The van der Waals surface area contributed by atoms with Gasteiger partial charge in [0.05, 0.1) is 23.6 Å². The summed E-state index contributed by atoms with van der Waals surface area (Å²) in [6.45, 7) is 6.26. The maximum atomic E-state index is 12.0. The van der Waals surface area contributed by atoms with Crippen molar-refractivity contribution < 1.29 is 9.53 Å². The van der Waals surface area contributed by atoms with Crippen LogP contribution in [0.1, 0.15) is 38.7 Å². The van der Waals surface area contributed by atoms with Crippen molar-refractivity contribution in [2.24, 2.45) is 5.73 Å². The first kappa shape index (κ1) is 17.4. The summed E-state index contributed by atoms with van der Waals surface area (Å²) >= 11 is 5.08. The third-order valence-corrected chi connectivity index (χ3v) is 4.04. The third-order valence-electron chi connectivity index (χ3n) is 3.64. The molecule has 0 saturated heterocycles. The normalized spacial score (nSPS) is 11.0. The summed E-state index contributed by atoms with van der Waals surface area (Å²) in [7, 11) is 0. The quantitative estimate of drug-likeness (QED) is 0.725. The van der Waals surface area contributed by atoms with E-state index in [1.807, 2.05) is 45.0 Å². The van der Waals surface area contributed by atoms with Crippen LogP contribution in [0.2, 0.25) is 0 Å². The first-order valence-corrected chi connectivity index (χ1v) is 7.64. The molecule has 3 N–H and O–H groups in total. The van der Waals surface area contributed by atoms with Crippen molar-refractivity contribution in [3.63, 3.8) is 0 Å². The van der Waals surface area contributed by atoms with Gasteiger partial charge in [-0.3, -0.25) is 4.79 Å². The highest BCUT2D eigenvalue weighted by atomic mass is 32.1. The highest BCUT2D eigenvalue weighted by molar-refractivity contribution is 7.80. The van der Waals surface area contributed by atoms with Crippen molar-refractivity contribution >= 4 is 23.1 Å². The van der Waals surface area contributed by atoms with E-state index in [0.29, 0.717) is 24.4 Å². The fourth-order valence-electron chi connectivity index (χ4n) is 2.13. The topological polar surface area (TPSA) is 64.3 Å². The Kier molecular flexibility index (Phi) is 6.62. The average Bonchev–Trinajstić information content (AvgIpc) is 2.44. The van der Waals surface area contributed by atoms with Crippen LogP contribution >= 0.6 is 12.2 Å². The van der Waals surface area contributed by atoms with E-state index < -0.39 is 5.54 Å². The lowest BCUT2D eigenvalue weighted by atomic mass is 9.92. The minimum atomic E-state index is -0.588. The number of hydrogen-bond acceptors (Lipinski definition) is 3. The second kappa shape index (κ2) is 7.98. The van der Waals surface area contributed by atoms with Crippen LogP contribution < -0.4 is 15.8 Å². The van der Waals surface area contributed by atoms with E-state index in [1.165, 1.54) is 0 Å². The van der Waals surface area contributed by atoms with Crippen LogP contribution in [0.25, 0.3) is 0 Å². The van der Waals surface area contributed by atoms with Crippen molar-refractivity contribution in [2.75, 3.05) is 6.61 Å². The summed E-state index contributed by atoms with van der Waals surface area (Å²) in [6, 6.07) is 7.74. The Morgan fingerprint density at radius 1 is 1.38 bits per heavy atom. The molecule has 4 nitrogen and oxygen atoms in total. The van der Waals surface area contributed by atoms with Crippen LogP contribution in [0.3, 0.4) is 0 Å². The molecule has 21 heavy (non-hydrogen) atoms. The Labute approximate surface area is 132 Å². The molecule has 0 spiro atoms. The number of nitrogens with two attached hydrogens (primary N) is 1. The van der Waals surface area contributed by atoms with E-state index >= 15 is 0 Å². The largest absolute Gasteiger partial charge is 0.493 e. The first-order valence-electron chi connectivity index (χ1n) is 7.24. The predicted molar refractivity (Wildman–Crippen MR) is 89.5 cm³/mol. The van der Waals surface area contributed by atoms with Crippen LogP contribution in [0.5, 0.6) is 5.75 Å². The molecule has 5 heteroatoms. The van der Waals surface area contributed by atoms with E-state index in [0.717, 1.165) is 11.3 Å². The van der Waals surface area contributed by atoms with Gasteiger partial charge in [-0.15, -0.1) is 0 Å². The van der Waals surface area contributed by atoms with Gasteiger partial charge in [-0.2, -0.15) is 0 Å². The van der Waals surface area contributed by atoms with Gasteiger partial charge in [0.25, 0.3) is 0 Å². The molecule has 1 aromatic carbocycles. The molecule has 0 aliphatic rings. The molecule has 1 rings (SSSR count). The fourth-order valence-corrected chi connectivity index (χ4v) is 2.47. The van der Waals surface area contributed by atoms with Crippen molar-refractivity contribution in [1.82, 2.24) is 5.32 Å². The van der Waals surface area contributed by atoms with Gasteiger partial charge in [0.15, 0.2) is 0 Å². The monoisotopic (exact) mass is 308 g/mol. The summed E-state index contributed by atoms with van der Waals surface area (Å²) in [6.07, 6.45) is 1.64. The zero-order valence-electron chi connectivity index (χ0n) is 12.9. The smallest absolute Gasteiger partial charge is 0.224 e. The molecule has 1 aromatic rings. The molecule has 0 atom stereocenters. The second-order valence-corrected chi connectivity index (χ2v) is 5.56. The molecule has 0 aromatic heterocycles. The van der Waals surface area contributed by atoms with Gasteiger partial charge < -0.3 is 15.8 Å². The predicted octanol–water partition coefficient (Wildman–Crippen LogP) is 2.73. The van der Waals surface area contributed by atoms with Crippen LogP contribution in [-0.2, 0) is 4.79 Å². The van der Waals surface area contributed by atoms with Crippen molar-refractivity contribution in [3.8, 4) is 5.75 Å². The maximum Gasteiger partial charge on any atom is 0.224 e. The SMILES string of the molecule is CCC(CC)(NC(=O)CCOc1cccc(C)c1)C(N)=S. The van der Waals surface area contributed by atoms with Gasteiger partial charge >= 0.3 is 0 Å². The number of amides is 1. The molecule has 0 fully saturated rings. The van der Waals surface area contributed by atoms with Crippen LogP contribution in [0.4, 0.5) is 0 Å². The summed E-state index contributed by atoms with van der Waals surface area (Å²) in [5, 5.41) is 2.94. The van der Waals surface area contributed by atoms with Gasteiger partial charge in [0.1, 0.15) is 5.75 Å². The summed E-state index contributed by atoms with van der Waals surface area (Å²) in [5.41, 5.74) is 6.30. The highest BCUT2D eigenvalue weighted by Gasteiger charge is 2.31. The number of benzene rings is 1. The van der Waals surface area contributed by atoms with Gasteiger partial charge in [-0.05, 0) is 37.5 Å². The number of nitrogens with one attached hydrogen (secondary N) is 1. The van der Waals surface area contributed by atoms with E-state index in [4.69, 9.17) is 22.7 Å². The lowest BCUT2D eigenvalue weighted by Gasteiger charge is -2.31. The number of ether oxygens (including phenoxy) is 1. The number of thiocarbonyl (C=S) groups is 1. The van der Waals surface area contributed by atoms with E-state index in [1.54, 1.807) is 0 Å². The summed E-state index contributed by atoms with van der Waals surface area (Å²) in [5.74, 6) is 0.675. The van der Waals surface area contributed by atoms with Gasteiger partial charge in [-0.25, -0.2) is 0 Å². The standard InChI is InChI=1S/C16H24N2O2S/c1-4-16(5-2,15(17)21)18-14(19)9-10-20-13-8-6-7-12(3)11-13/h6-8,11H,4-5,9-10H2,1-3H3,(H2,17,21)(H,18,19). The molecule has 0 aliphatic heterocycles. The van der Waals surface area contributed by atoms with Gasteiger partial charge in [0, 0.05) is 0 Å². The van der Waals surface area contributed by atoms with Crippen LogP contribution in [0, 0.1) is 6.92 Å². The molecule has 0 bridgehead atoms. The lowest BCUT2D eigenvalue weighted by Crippen LogP contribution is -2.56. The van der Waals surface area contributed by atoms with Crippen molar-refractivity contribution in [1.29, 1.82) is 0 Å². The third kappa shape index (κ3) is 5.01. The molecule has 0 unspecified atom stereocenters. The lowest BCUT2D eigenvalue weighted by molar-refractivity contribution is -0.122. The first-order chi connectivity index (χ1) is 9.93. The van der Waals surface area contributed by atoms with Crippen molar-refractivity contribution in [2.45, 2.75) is 45.6 Å². The maximum absolute atomic E-state index is 12.0. The number of carbonyl (C=O) groups is 1. The molecule has 1 amide bonds. The van der Waals surface area contributed by atoms with Crippen molar-refractivity contribution in [3.05, 3.63) is 29.8 Å². The molecule has 0 aliphatic carbocycles. The van der Waals surface area contributed by atoms with E-state index in [-0.39, 0.29) is 12.3 Å². The van der Waals surface area contributed by atoms with Crippen LogP contribution in [0.15, 0.2) is 24.3 Å². The number of carbonyl (C=O) groups excluding carboxylic acids is 1. The average molecular weight is 308 g/mol. The molecule has 0 radical (unpaired) electrons.